The Balaban J connectivity index is 1.51. The number of nitrogens with zero attached hydrogens (tertiary/aromatic N) is 3. The lowest BCUT2D eigenvalue weighted by Gasteiger charge is -2.25. The average molecular weight is 624 g/mol. The molecule has 0 unspecified atom stereocenters. The summed E-state index contributed by atoms with van der Waals surface area (Å²) in [5.41, 5.74) is 3.02. The molecule has 1 aliphatic rings. The van der Waals surface area contributed by atoms with Crippen LogP contribution in [-0.4, -0.2) is 75.5 Å². The molecule has 4 rings (SSSR count). The van der Waals surface area contributed by atoms with E-state index in [0.29, 0.717) is 87.2 Å². The Morgan fingerprint density at radius 1 is 1.04 bits per heavy atom. The van der Waals surface area contributed by atoms with Crippen LogP contribution in [0.4, 0.5) is 0 Å². The van der Waals surface area contributed by atoms with Crippen LogP contribution in [0.5, 0.6) is 0 Å². The Morgan fingerprint density at radius 2 is 1.78 bits per heavy atom. The van der Waals surface area contributed by atoms with Crippen molar-refractivity contribution in [2.75, 3.05) is 26.2 Å². The van der Waals surface area contributed by atoms with Crippen LogP contribution in [0.3, 0.4) is 0 Å². The van der Waals surface area contributed by atoms with Gasteiger partial charge in [0.05, 0.1) is 16.7 Å². The number of aromatic amines is 1. The van der Waals surface area contributed by atoms with E-state index in [4.69, 9.17) is 4.52 Å². The fraction of sp³-hybridized carbons (Fsp3) is 0.562. The molecule has 2 atom stereocenters. The highest BCUT2D eigenvalue weighted by atomic mass is 16.5. The largest absolute Gasteiger partial charge is 0.361 e. The lowest BCUT2D eigenvalue weighted by Crippen LogP contribution is -2.50. The molecule has 0 fully saturated rings. The summed E-state index contributed by atoms with van der Waals surface area (Å²) >= 11 is 0. The van der Waals surface area contributed by atoms with E-state index in [1.807, 2.05) is 27.7 Å². The van der Waals surface area contributed by atoms with Gasteiger partial charge in [-0.05, 0) is 63.6 Å². The van der Waals surface area contributed by atoms with Gasteiger partial charge in [0.1, 0.15) is 11.8 Å². The number of benzene rings is 1. The Bertz CT molecular complexity index is 1550. The molecular formula is C32H45N7O6. The maximum Gasteiger partial charge on any atom is 0.326 e. The van der Waals surface area contributed by atoms with Gasteiger partial charge in [0.2, 0.25) is 17.7 Å². The molecule has 1 aliphatic heterocycles. The van der Waals surface area contributed by atoms with Gasteiger partial charge in [0.25, 0.3) is 5.91 Å². The minimum Gasteiger partial charge on any atom is -0.361 e. The molecule has 13 heteroatoms. The van der Waals surface area contributed by atoms with E-state index in [2.05, 4.69) is 26.1 Å². The quantitative estimate of drug-likeness (QED) is 0.338. The number of rotatable bonds is 5. The minimum absolute atomic E-state index is 0.0622. The van der Waals surface area contributed by atoms with E-state index in [1.54, 1.807) is 27.7 Å². The van der Waals surface area contributed by atoms with Crippen molar-refractivity contribution in [3.8, 4) is 0 Å². The van der Waals surface area contributed by atoms with Crippen LogP contribution in [0, 0.1) is 19.8 Å². The van der Waals surface area contributed by atoms with E-state index in [9.17, 15) is 24.0 Å². The van der Waals surface area contributed by atoms with Crippen molar-refractivity contribution in [3.05, 3.63) is 51.3 Å². The zero-order valence-electron chi connectivity index (χ0n) is 26.7. The number of fused-ring (bicyclic) bond motifs is 1. The van der Waals surface area contributed by atoms with Gasteiger partial charge in [-0.25, -0.2) is 4.79 Å². The maximum atomic E-state index is 13.3. The lowest BCUT2D eigenvalue weighted by molar-refractivity contribution is -0.132. The lowest BCUT2D eigenvalue weighted by atomic mass is 9.98. The second kappa shape index (κ2) is 15.5. The third-order valence-corrected chi connectivity index (χ3v) is 8.55. The molecule has 3 heterocycles. The Hall–Kier alpha value is -4.42. The van der Waals surface area contributed by atoms with E-state index < -0.39 is 6.04 Å². The first kappa shape index (κ1) is 33.5. The number of carbonyl (C=O) groups is 4. The summed E-state index contributed by atoms with van der Waals surface area (Å²) in [5.74, 6) is -0.261. The summed E-state index contributed by atoms with van der Waals surface area (Å²) in [6.07, 6.45) is 3.04. The van der Waals surface area contributed by atoms with Gasteiger partial charge in [-0.15, -0.1) is 0 Å². The third kappa shape index (κ3) is 8.61. The first-order chi connectivity index (χ1) is 21.6. The molecule has 0 radical (unpaired) electrons. The molecule has 13 nitrogen and oxygen atoms in total. The number of amides is 4. The summed E-state index contributed by atoms with van der Waals surface area (Å²) < 4.78 is 6.79. The Labute approximate surface area is 262 Å². The number of aromatic nitrogens is 3. The normalized spacial score (nSPS) is 18.6. The predicted octanol–water partition coefficient (Wildman–Crippen LogP) is 2.35. The molecule has 0 spiro atoms. The average Bonchev–Trinajstić information content (AvgIpc) is 3.52. The van der Waals surface area contributed by atoms with Crippen LogP contribution >= 0.6 is 0 Å². The van der Waals surface area contributed by atoms with Crippen LogP contribution in [-0.2, 0) is 27.3 Å². The number of hydrogen-bond donors (Lipinski definition) is 4. The minimum atomic E-state index is -0.695. The number of hydrogen-bond acceptors (Lipinski definition) is 7. The molecule has 1 aromatic carbocycles. The highest BCUT2D eigenvalue weighted by Crippen LogP contribution is 2.16. The van der Waals surface area contributed by atoms with Gasteiger partial charge < -0.3 is 30.4 Å². The van der Waals surface area contributed by atoms with E-state index in [0.717, 1.165) is 11.3 Å². The molecule has 2 bridgehead atoms. The molecule has 0 saturated heterocycles. The van der Waals surface area contributed by atoms with Crippen LogP contribution in [0.25, 0.3) is 11.0 Å². The summed E-state index contributed by atoms with van der Waals surface area (Å²) in [7, 11) is 0. The predicted molar refractivity (Wildman–Crippen MR) is 169 cm³/mol. The third-order valence-electron chi connectivity index (χ3n) is 8.55. The zero-order chi connectivity index (χ0) is 32.5. The summed E-state index contributed by atoms with van der Waals surface area (Å²) in [6.45, 7) is 9.31. The molecular weight excluding hydrogens is 578 g/mol. The van der Waals surface area contributed by atoms with E-state index in [1.165, 1.54) is 0 Å². The van der Waals surface area contributed by atoms with Crippen LogP contribution in [0.2, 0.25) is 0 Å². The summed E-state index contributed by atoms with van der Waals surface area (Å²) in [4.78, 5) is 69.6. The van der Waals surface area contributed by atoms with Crippen molar-refractivity contribution in [2.24, 2.45) is 5.92 Å². The molecule has 2 aromatic heterocycles. The van der Waals surface area contributed by atoms with Crippen molar-refractivity contribution in [2.45, 2.75) is 85.2 Å². The maximum absolute atomic E-state index is 13.3. The smallest absolute Gasteiger partial charge is 0.326 e. The van der Waals surface area contributed by atoms with Crippen LogP contribution in [0.15, 0.2) is 27.5 Å². The monoisotopic (exact) mass is 623 g/mol. The van der Waals surface area contributed by atoms with Gasteiger partial charge >= 0.3 is 5.69 Å². The van der Waals surface area contributed by atoms with E-state index in [-0.39, 0.29) is 48.1 Å². The zero-order valence-corrected chi connectivity index (χ0v) is 26.7. The van der Waals surface area contributed by atoms with Crippen molar-refractivity contribution in [3.63, 3.8) is 0 Å². The highest BCUT2D eigenvalue weighted by molar-refractivity contribution is 5.97. The number of aryl methyl sites for hydroxylation is 3. The Morgan fingerprint density at radius 3 is 2.51 bits per heavy atom. The standard InChI is InChI=1S/C32H45N7O6/c1-5-20(2)29-31(43)34-15-8-18-39-26-19-23(10-12-25(26)35-32(39)44)30(42)33-14-7-17-38(16-6-9-27(40)36-29)28(41)13-11-24-21(3)37-45-22(24)4/h10,12,19-20,29H,5-9,11,13-18H2,1-4H3,(H,33,42)(H,34,43)(H,35,44)(H,36,40)/t20-,29-/m0/s1. The van der Waals surface area contributed by atoms with Crippen LogP contribution in [0.1, 0.15) is 79.7 Å². The number of nitrogens with one attached hydrogen (secondary N) is 4. The molecule has 0 aliphatic carbocycles. The van der Waals surface area contributed by atoms with Gasteiger partial charge in [-0.2, -0.15) is 0 Å². The molecule has 244 valence electrons. The molecule has 4 N–H and O–H groups in total. The van der Waals surface area contributed by atoms with Crippen molar-refractivity contribution in [1.82, 2.24) is 35.6 Å². The van der Waals surface area contributed by atoms with Crippen molar-refractivity contribution >= 4 is 34.7 Å². The number of H-pyrrole nitrogens is 1. The van der Waals surface area contributed by atoms with Gasteiger partial charge in [0, 0.05) is 56.7 Å². The number of imidazole rings is 1. The Kier molecular flexibility index (Phi) is 11.6. The fourth-order valence-electron chi connectivity index (χ4n) is 5.64. The molecule has 45 heavy (non-hydrogen) atoms. The van der Waals surface area contributed by atoms with Crippen molar-refractivity contribution in [1.29, 1.82) is 0 Å². The van der Waals surface area contributed by atoms with Crippen LogP contribution < -0.4 is 21.6 Å². The first-order valence-electron chi connectivity index (χ1n) is 15.9. The topological polar surface area (TPSA) is 171 Å². The number of carbonyl (C=O) groups excluding carboxylic acids is 4. The van der Waals surface area contributed by atoms with Gasteiger partial charge in [-0.1, -0.05) is 25.4 Å². The first-order valence-corrected chi connectivity index (χ1v) is 15.9. The van der Waals surface area contributed by atoms with Crippen molar-refractivity contribution < 1.29 is 23.7 Å². The fourth-order valence-corrected chi connectivity index (χ4v) is 5.64. The SMILES string of the molecule is CC[C@H](C)[C@@H]1NC(=O)CCCN(C(=O)CCc2c(C)noc2C)CCCNC(=O)c2ccc3[nH]c(=O)n(c3c2)CCCNC1=O. The van der Waals surface area contributed by atoms with Gasteiger partial charge in [0.15, 0.2) is 0 Å². The van der Waals surface area contributed by atoms with Gasteiger partial charge in [-0.3, -0.25) is 23.7 Å². The molecule has 0 saturated carbocycles. The summed E-state index contributed by atoms with van der Waals surface area (Å²) in [6, 6.07) is 4.36. The second-order valence-electron chi connectivity index (χ2n) is 11.8. The summed E-state index contributed by atoms with van der Waals surface area (Å²) in [5, 5.41) is 12.7. The highest BCUT2D eigenvalue weighted by Gasteiger charge is 2.26. The van der Waals surface area contributed by atoms with E-state index >= 15 is 0 Å². The second-order valence-corrected chi connectivity index (χ2v) is 11.8. The molecule has 4 amide bonds. The molecule has 3 aromatic rings.